The lowest BCUT2D eigenvalue weighted by atomic mass is 10.2. The van der Waals surface area contributed by atoms with Crippen LogP contribution in [0.2, 0.25) is 0 Å². The molecule has 0 amide bonds. The van der Waals surface area contributed by atoms with Crippen molar-refractivity contribution >= 4 is 12.4 Å². The zero-order valence-corrected chi connectivity index (χ0v) is 9.34. The summed E-state index contributed by atoms with van der Waals surface area (Å²) in [5, 5.41) is 0. The molecule has 0 fully saturated rings. The molecule has 0 atom stereocenters. The summed E-state index contributed by atoms with van der Waals surface area (Å²) >= 11 is 0. The van der Waals surface area contributed by atoms with Gasteiger partial charge in [-0.25, -0.2) is 0 Å². The van der Waals surface area contributed by atoms with Crippen LogP contribution in [0.15, 0.2) is 49.8 Å². The van der Waals surface area contributed by atoms with Gasteiger partial charge in [0.25, 0.3) is 0 Å². The fraction of sp³-hybridized carbons (Fsp3) is 0.143. The quantitative estimate of drug-likeness (QED) is 0.720. The minimum Gasteiger partial charge on any atom is -0.328 e. The van der Waals surface area contributed by atoms with E-state index in [4.69, 9.17) is 0 Å². The zero-order chi connectivity index (χ0) is 11.4. The first-order valence-electron chi connectivity index (χ1n) is 5.41. The van der Waals surface area contributed by atoms with Gasteiger partial charge in [-0.1, -0.05) is 13.2 Å². The van der Waals surface area contributed by atoms with Crippen LogP contribution in [0.3, 0.4) is 0 Å². The van der Waals surface area contributed by atoms with Crippen LogP contribution >= 0.6 is 0 Å². The predicted octanol–water partition coefficient (Wildman–Crippen LogP) is 3.28. The SMILES string of the molecule is C=Cn1cccc1CCc1cccn1C=C. The predicted molar refractivity (Wildman–Crippen MR) is 69.0 cm³/mol. The molecule has 2 heterocycles. The fourth-order valence-corrected chi connectivity index (χ4v) is 1.89. The van der Waals surface area contributed by atoms with Gasteiger partial charge in [-0.2, -0.15) is 0 Å². The molecule has 82 valence electrons. The summed E-state index contributed by atoms with van der Waals surface area (Å²) in [4.78, 5) is 0. The van der Waals surface area contributed by atoms with Gasteiger partial charge in [0.1, 0.15) is 0 Å². The molecule has 0 N–H and O–H groups in total. The van der Waals surface area contributed by atoms with Crippen molar-refractivity contribution in [3.63, 3.8) is 0 Å². The van der Waals surface area contributed by atoms with E-state index in [0.29, 0.717) is 0 Å². The van der Waals surface area contributed by atoms with Crippen LogP contribution < -0.4 is 0 Å². The van der Waals surface area contributed by atoms with Crippen LogP contribution in [0.1, 0.15) is 11.4 Å². The van der Waals surface area contributed by atoms with Crippen molar-refractivity contribution in [3.05, 3.63) is 61.2 Å². The number of aryl methyl sites for hydroxylation is 2. The Morgan fingerprint density at radius 1 is 0.875 bits per heavy atom. The fourth-order valence-electron chi connectivity index (χ4n) is 1.89. The second-order valence-corrected chi connectivity index (χ2v) is 3.68. The standard InChI is InChI=1S/C14H16N2/c1-3-15-11-5-7-13(15)9-10-14-8-6-12-16(14)4-2/h3-8,11-12H,1-2,9-10H2. The van der Waals surface area contributed by atoms with Gasteiger partial charge < -0.3 is 9.13 Å². The lowest BCUT2D eigenvalue weighted by Crippen LogP contribution is -2.00. The van der Waals surface area contributed by atoms with Gasteiger partial charge in [-0.15, -0.1) is 0 Å². The topological polar surface area (TPSA) is 9.86 Å². The third kappa shape index (κ3) is 2.01. The highest BCUT2D eigenvalue weighted by Crippen LogP contribution is 2.10. The van der Waals surface area contributed by atoms with E-state index in [0.717, 1.165) is 12.8 Å². The molecule has 0 spiro atoms. The molecule has 2 nitrogen and oxygen atoms in total. The molecule has 0 aliphatic heterocycles. The third-order valence-electron chi connectivity index (χ3n) is 2.76. The molecule has 0 saturated heterocycles. The second-order valence-electron chi connectivity index (χ2n) is 3.68. The van der Waals surface area contributed by atoms with Gasteiger partial charge in [0.2, 0.25) is 0 Å². The first-order valence-corrected chi connectivity index (χ1v) is 5.41. The van der Waals surface area contributed by atoms with Crippen LogP contribution in [0.4, 0.5) is 0 Å². The molecular weight excluding hydrogens is 196 g/mol. The van der Waals surface area contributed by atoms with Crippen LogP contribution in [-0.4, -0.2) is 9.13 Å². The Morgan fingerprint density at radius 2 is 1.31 bits per heavy atom. The molecule has 0 aliphatic rings. The summed E-state index contributed by atoms with van der Waals surface area (Å²) in [6.45, 7) is 7.57. The second kappa shape index (κ2) is 4.71. The van der Waals surface area contributed by atoms with Gasteiger partial charge in [0.15, 0.2) is 0 Å². The van der Waals surface area contributed by atoms with Crippen LogP contribution in [0.5, 0.6) is 0 Å². The molecule has 2 heteroatoms. The van der Waals surface area contributed by atoms with E-state index in [1.54, 1.807) is 0 Å². The van der Waals surface area contributed by atoms with Crippen LogP contribution in [0, 0.1) is 0 Å². The molecule has 2 aromatic heterocycles. The number of nitrogens with zero attached hydrogens (tertiary/aromatic N) is 2. The largest absolute Gasteiger partial charge is 0.328 e. The highest BCUT2D eigenvalue weighted by Gasteiger charge is 2.01. The monoisotopic (exact) mass is 212 g/mol. The normalized spacial score (nSPS) is 10.2. The molecule has 0 aromatic carbocycles. The summed E-state index contributed by atoms with van der Waals surface area (Å²) in [5.74, 6) is 0. The molecular formula is C14H16N2. The minimum atomic E-state index is 1.01. The Balaban J connectivity index is 2.07. The first-order chi connectivity index (χ1) is 7.85. The van der Waals surface area contributed by atoms with E-state index in [1.165, 1.54) is 11.4 Å². The average molecular weight is 212 g/mol. The van der Waals surface area contributed by atoms with Crippen LogP contribution in [-0.2, 0) is 12.8 Å². The van der Waals surface area contributed by atoms with Crippen molar-refractivity contribution in [2.24, 2.45) is 0 Å². The summed E-state index contributed by atoms with van der Waals surface area (Å²) < 4.78 is 4.11. The van der Waals surface area contributed by atoms with E-state index in [2.05, 4.69) is 34.4 Å². The van der Waals surface area contributed by atoms with Crippen molar-refractivity contribution in [2.45, 2.75) is 12.8 Å². The Hall–Kier alpha value is -1.96. The highest BCUT2D eigenvalue weighted by molar-refractivity contribution is 5.28. The van der Waals surface area contributed by atoms with Crippen molar-refractivity contribution in [3.8, 4) is 0 Å². The zero-order valence-electron chi connectivity index (χ0n) is 9.34. The molecule has 0 radical (unpaired) electrons. The molecule has 0 unspecified atom stereocenters. The van der Waals surface area contributed by atoms with Crippen molar-refractivity contribution in [2.75, 3.05) is 0 Å². The van der Waals surface area contributed by atoms with Gasteiger partial charge in [-0.05, 0) is 37.1 Å². The molecule has 2 rings (SSSR count). The van der Waals surface area contributed by atoms with Gasteiger partial charge in [0.05, 0.1) is 0 Å². The molecule has 0 saturated carbocycles. The number of aromatic nitrogens is 2. The lowest BCUT2D eigenvalue weighted by molar-refractivity contribution is 0.845. The summed E-state index contributed by atoms with van der Waals surface area (Å²) in [6, 6.07) is 8.35. The Morgan fingerprint density at radius 3 is 1.69 bits per heavy atom. The number of hydrogen-bond donors (Lipinski definition) is 0. The summed E-state index contributed by atoms with van der Waals surface area (Å²) in [6.07, 6.45) is 9.74. The maximum Gasteiger partial charge on any atom is 0.0224 e. The van der Waals surface area contributed by atoms with Crippen molar-refractivity contribution < 1.29 is 0 Å². The number of rotatable bonds is 5. The highest BCUT2D eigenvalue weighted by atomic mass is 14.9. The van der Waals surface area contributed by atoms with Crippen LogP contribution in [0.25, 0.3) is 12.4 Å². The number of hydrogen-bond acceptors (Lipinski definition) is 0. The van der Waals surface area contributed by atoms with E-state index in [-0.39, 0.29) is 0 Å². The molecule has 0 bridgehead atoms. The lowest BCUT2D eigenvalue weighted by Gasteiger charge is -2.05. The average Bonchev–Trinajstić information content (AvgIpc) is 2.94. The van der Waals surface area contributed by atoms with E-state index < -0.39 is 0 Å². The maximum atomic E-state index is 3.78. The van der Waals surface area contributed by atoms with Gasteiger partial charge >= 0.3 is 0 Å². The Kier molecular flexibility index (Phi) is 3.10. The smallest absolute Gasteiger partial charge is 0.0224 e. The third-order valence-corrected chi connectivity index (χ3v) is 2.76. The summed E-state index contributed by atoms with van der Waals surface area (Å²) in [5.41, 5.74) is 2.57. The molecule has 16 heavy (non-hydrogen) atoms. The summed E-state index contributed by atoms with van der Waals surface area (Å²) in [7, 11) is 0. The molecule has 2 aromatic rings. The van der Waals surface area contributed by atoms with Crippen molar-refractivity contribution in [1.82, 2.24) is 9.13 Å². The Bertz CT molecular complexity index is 442. The minimum absolute atomic E-state index is 1.01. The molecule has 0 aliphatic carbocycles. The Labute approximate surface area is 96.1 Å². The van der Waals surface area contributed by atoms with Gasteiger partial charge in [-0.3, -0.25) is 0 Å². The van der Waals surface area contributed by atoms with E-state index >= 15 is 0 Å². The van der Waals surface area contributed by atoms with Crippen molar-refractivity contribution in [1.29, 1.82) is 0 Å². The first kappa shape index (κ1) is 10.6. The van der Waals surface area contributed by atoms with E-state index in [1.807, 2.05) is 36.9 Å². The van der Waals surface area contributed by atoms with Gasteiger partial charge in [0, 0.05) is 36.2 Å². The maximum absolute atomic E-state index is 3.78. The van der Waals surface area contributed by atoms with E-state index in [9.17, 15) is 0 Å².